The number of fused-ring (bicyclic) bond motifs is 1. The Morgan fingerprint density at radius 2 is 2.16 bits per heavy atom. The first-order chi connectivity index (χ1) is 24.2. The fourth-order valence-corrected chi connectivity index (χ4v) is 3.89. The van der Waals surface area contributed by atoms with Gasteiger partial charge in [-0.1, -0.05) is 24.7 Å². The summed E-state index contributed by atoms with van der Waals surface area (Å²) < 4.78 is 135. The molecule has 2 aromatic carbocycles. The van der Waals surface area contributed by atoms with Crippen LogP contribution in [0.25, 0.3) is 22.2 Å². The van der Waals surface area contributed by atoms with E-state index < -0.39 is 68.7 Å². The highest BCUT2D eigenvalue weighted by atomic mass is 16.5. The highest BCUT2D eigenvalue weighted by Crippen LogP contribution is 2.35. The number of rotatable bonds is 10. The summed E-state index contributed by atoms with van der Waals surface area (Å²) in [5.74, 6) is -1.39. The minimum absolute atomic E-state index is 0.148. The van der Waals surface area contributed by atoms with Gasteiger partial charge in [-0.05, 0) is 38.2 Å². The van der Waals surface area contributed by atoms with Gasteiger partial charge in [-0.25, -0.2) is 9.97 Å². The van der Waals surface area contributed by atoms with Crippen LogP contribution in [0.1, 0.15) is 33.3 Å². The molecule has 0 aliphatic carbocycles. The molecule has 0 atom stereocenters. The number of carbonyl (C=O) groups excluding carboxylic acids is 1. The Hall–Kier alpha value is -4.17. The van der Waals surface area contributed by atoms with Crippen molar-refractivity contribution in [1.29, 1.82) is 0 Å². The van der Waals surface area contributed by atoms with Gasteiger partial charge in [-0.2, -0.15) is 0 Å². The first-order valence-corrected chi connectivity index (χ1v) is 10.9. The second-order valence-corrected chi connectivity index (χ2v) is 7.86. The van der Waals surface area contributed by atoms with Crippen molar-refractivity contribution < 1.29 is 31.5 Å². The molecule has 8 heteroatoms. The number of nitrogens with zero attached hydrogens (tertiary/aromatic N) is 5. The SMILES string of the molecule is [2H]C([2H])=C([2H])C(=O)Nc1cc(Cc2nccc(-c3cn(C)c4ccccc34)n2)c(OC)cc1N(C([2H])([2H])[2H])C([2H])([2H])C([2H])([2H])N(C([2H])([2H])[2H])C([2H])([2H])[2H]. The van der Waals surface area contributed by atoms with Crippen LogP contribution in [0.2, 0.25) is 0 Å². The van der Waals surface area contributed by atoms with E-state index in [9.17, 15) is 4.79 Å². The Bertz CT molecular complexity index is 2020. The van der Waals surface area contributed by atoms with Gasteiger partial charge in [-0.15, -0.1) is 0 Å². The van der Waals surface area contributed by atoms with Gasteiger partial charge in [-0.3, -0.25) is 4.79 Å². The molecule has 0 bridgehead atoms. The van der Waals surface area contributed by atoms with Gasteiger partial charge < -0.3 is 24.4 Å². The molecule has 0 saturated heterocycles. The number of methoxy groups -OCH3 is 1. The first kappa shape index (κ1) is 12.4. The maximum Gasteiger partial charge on any atom is 0.247 e. The number of benzene rings is 2. The highest BCUT2D eigenvalue weighted by molar-refractivity contribution is 6.01. The minimum Gasteiger partial charge on any atom is -0.496 e. The molecule has 0 spiro atoms. The van der Waals surface area contributed by atoms with Crippen LogP contribution in [0.15, 0.2) is 67.4 Å². The van der Waals surface area contributed by atoms with Crippen LogP contribution < -0.4 is 15.0 Å². The van der Waals surface area contributed by atoms with Crippen molar-refractivity contribution >= 4 is 28.2 Å². The summed E-state index contributed by atoms with van der Waals surface area (Å²) in [7, 11) is 3.04. The van der Waals surface area contributed by atoms with Gasteiger partial charge in [0.2, 0.25) is 5.91 Å². The van der Waals surface area contributed by atoms with Gasteiger partial charge in [0, 0.05) is 89.0 Å². The summed E-state index contributed by atoms with van der Waals surface area (Å²) in [5.41, 5.74) is 0.928. The van der Waals surface area contributed by atoms with E-state index in [4.69, 9.17) is 26.7 Å². The smallest absolute Gasteiger partial charge is 0.247 e. The lowest BCUT2D eigenvalue weighted by molar-refractivity contribution is -0.111. The Balaban J connectivity index is 1.95. The summed E-state index contributed by atoms with van der Waals surface area (Å²) >= 11 is 0. The van der Waals surface area contributed by atoms with Gasteiger partial charge in [0.25, 0.3) is 0 Å². The van der Waals surface area contributed by atoms with Crippen molar-refractivity contribution in [3.63, 3.8) is 0 Å². The molecule has 37 heavy (non-hydrogen) atoms. The van der Waals surface area contributed by atoms with Crippen LogP contribution in [-0.2, 0) is 18.3 Å². The molecule has 2 aromatic heterocycles. The van der Waals surface area contributed by atoms with Crippen molar-refractivity contribution in [2.45, 2.75) is 6.42 Å². The Kier molecular flexibility index (Phi) is 3.77. The van der Waals surface area contributed by atoms with E-state index in [1.165, 1.54) is 13.3 Å². The molecular weight excluding hydrogens is 464 g/mol. The summed E-state index contributed by atoms with van der Waals surface area (Å²) in [6.07, 6.45) is 3.22. The van der Waals surface area contributed by atoms with E-state index in [0.29, 0.717) is 5.69 Å². The average Bonchev–Trinajstić information content (AvgIpc) is 3.35. The Labute approximate surface area is 240 Å². The van der Waals surface area contributed by atoms with Crippen molar-refractivity contribution in [2.24, 2.45) is 7.05 Å². The molecule has 0 unspecified atom stereocenters. The third-order valence-electron chi connectivity index (χ3n) is 5.50. The Morgan fingerprint density at radius 3 is 2.95 bits per heavy atom. The normalized spacial score (nSPS) is 19.1. The Morgan fingerprint density at radius 1 is 1.30 bits per heavy atom. The zero-order valence-electron chi connectivity index (χ0n) is 36.0. The molecule has 1 amide bonds. The van der Waals surface area contributed by atoms with E-state index in [0.717, 1.165) is 28.6 Å². The van der Waals surface area contributed by atoms with Crippen molar-refractivity contribution in [2.75, 3.05) is 51.2 Å². The highest BCUT2D eigenvalue weighted by Gasteiger charge is 2.17. The van der Waals surface area contributed by atoms with Crippen LogP contribution in [-0.4, -0.2) is 66.4 Å². The van der Waals surface area contributed by atoms with Gasteiger partial charge >= 0.3 is 0 Å². The number of carbonyl (C=O) groups is 1. The zero-order chi connectivity index (χ0) is 40.1. The number of ether oxygens (including phenoxy) is 1. The number of nitrogens with one attached hydrogen (secondary N) is 1. The van der Waals surface area contributed by atoms with E-state index >= 15 is 0 Å². The molecule has 2 heterocycles. The second kappa shape index (κ2) is 11.3. The van der Waals surface area contributed by atoms with Crippen LogP contribution in [0, 0.1) is 0 Å². The third-order valence-corrected chi connectivity index (χ3v) is 5.50. The monoisotopic (exact) mass is 514 g/mol. The maximum absolute atomic E-state index is 13.0. The lowest BCUT2D eigenvalue weighted by atomic mass is 10.1. The summed E-state index contributed by atoms with van der Waals surface area (Å²) in [5, 5.41) is 3.06. The van der Waals surface area contributed by atoms with Crippen molar-refractivity contribution in [3.05, 3.63) is 78.8 Å². The minimum atomic E-state index is -4.11. The molecule has 0 saturated carbocycles. The predicted molar refractivity (Wildman–Crippen MR) is 150 cm³/mol. The molecule has 0 radical (unpaired) electrons. The van der Waals surface area contributed by atoms with E-state index in [-0.39, 0.29) is 28.5 Å². The number of anilines is 2. The van der Waals surface area contributed by atoms with Gasteiger partial charge in [0.05, 0.1) is 31.0 Å². The molecule has 192 valence electrons. The fourth-order valence-electron chi connectivity index (χ4n) is 3.89. The van der Waals surface area contributed by atoms with Crippen LogP contribution >= 0.6 is 0 Å². The average molecular weight is 515 g/mol. The second-order valence-electron chi connectivity index (χ2n) is 7.86. The number of para-hydroxylation sites is 1. The fraction of sp³-hybridized carbons (Fsp3) is 0.276. The van der Waals surface area contributed by atoms with Gasteiger partial charge in [0.1, 0.15) is 11.6 Å². The van der Waals surface area contributed by atoms with E-state index in [2.05, 4.69) is 15.3 Å². The van der Waals surface area contributed by atoms with Crippen molar-refractivity contribution in [3.8, 4) is 17.0 Å². The summed E-state index contributed by atoms with van der Waals surface area (Å²) in [6.45, 7) is -20.7. The lowest BCUT2D eigenvalue weighted by Crippen LogP contribution is -2.29. The largest absolute Gasteiger partial charge is 0.496 e. The number of hydrogen-bond acceptors (Lipinski definition) is 6. The zero-order valence-corrected chi connectivity index (χ0v) is 20.0. The molecule has 0 fully saturated rings. The molecule has 8 nitrogen and oxygen atoms in total. The lowest BCUT2D eigenvalue weighted by Gasteiger charge is -2.25. The van der Waals surface area contributed by atoms with E-state index in [1.54, 1.807) is 6.07 Å². The number of aryl methyl sites for hydroxylation is 1. The van der Waals surface area contributed by atoms with Crippen molar-refractivity contribution in [1.82, 2.24) is 19.4 Å². The van der Waals surface area contributed by atoms with Crippen LogP contribution in [0.4, 0.5) is 11.4 Å². The number of amides is 1. The topological polar surface area (TPSA) is 75.5 Å². The molecule has 4 aromatic rings. The number of aromatic nitrogens is 3. The summed E-state index contributed by atoms with van der Waals surface area (Å²) in [6, 6.07) is 10.1. The van der Waals surface area contributed by atoms with Gasteiger partial charge in [0.15, 0.2) is 0 Å². The molecule has 4 rings (SSSR count). The number of likely N-dealkylation sites (N-methyl/N-ethyl adjacent to an activating group) is 2. The predicted octanol–water partition coefficient (Wildman–Crippen LogP) is 4.36. The van der Waals surface area contributed by atoms with Crippen LogP contribution in [0.5, 0.6) is 5.75 Å². The standard InChI is InChI=1S/C29H34N6O2/c1-7-29(36)32-24-16-20(27(37-6)18-26(24)34(4)15-14-33(2)3)17-28-30-13-12-23(31-28)22-19-35(5)25-11-9-8-10-21(22)25/h7-13,16,18-19H,1,14-15,17H2,2-6H3,(H,32,36)/i1D2,2D3,3D3,4D3,7D,14D2,15D2. The van der Waals surface area contributed by atoms with Crippen LogP contribution in [0.3, 0.4) is 0 Å². The summed E-state index contributed by atoms with van der Waals surface area (Å²) in [4.78, 5) is 21.0. The molecule has 0 aliphatic rings. The van der Waals surface area contributed by atoms with E-state index in [1.807, 2.05) is 42.1 Å². The maximum atomic E-state index is 13.0. The molecule has 0 aliphatic heterocycles. The third kappa shape index (κ3) is 5.81. The molecular formula is C29H34N6O2. The number of hydrogen-bond donors (Lipinski definition) is 1. The molecule has 1 N–H and O–H groups in total. The first-order valence-electron chi connectivity index (χ1n) is 18.9. The quantitative estimate of drug-likeness (QED) is 0.317.